The lowest BCUT2D eigenvalue weighted by Gasteiger charge is -2.32. The highest BCUT2D eigenvalue weighted by Gasteiger charge is 2.35. The summed E-state index contributed by atoms with van der Waals surface area (Å²) in [7, 11) is 3.19. The molecule has 1 saturated heterocycles. The third kappa shape index (κ3) is 6.86. The maximum atomic E-state index is 13.7. The van der Waals surface area contributed by atoms with Gasteiger partial charge in [-0.15, -0.1) is 0 Å². The first-order valence-corrected chi connectivity index (χ1v) is 12.7. The van der Waals surface area contributed by atoms with Crippen molar-refractivity contribution in [1.29, 1.82) is 0 Å². The third-order valence-corrected chi connectivity index (χ3v) is 6.89. The number of imide groups is 1. The van der Waals surface area contributed by atoms with Gasteiger partial charge in [0.05, 0.1) is 14.2 Å². The van der Waals surface area contributed by atoms with E-state index in [2.05, 4.69) is 6.92 Å². The van der Waals surface area contributed by atoms with Crippen molar-refractivity contribution in [1.82, 2.24) is 9.80 Å². The molecule has 3 amide bonds. The summed E-state index contributed by atoms with van der Waals surface area (Å²) in [6.45, 7) is 4.38. The number of methoxy groups -OCH3 is 2. The molecule has 0 aromatic heterocycles. The smallest absolute Gasteiger partial charge is 0.232 e. The number of likely N-dealkylation sites (tertiary alicyclic amines) is 1. The van der Waals surface area contributed by atoms with Crippen LogP contribution in [0.4, 0.5) is 0 Å². The minimum Gasteiger partial charge on any atom is -0.497 e. The van der Waals surface area contributed by atoms with Gasteiger partial charge in [-0.3, -0.25) is 19.3 Å². The maximum absolute atomic E-state index is 13.7. The average Bonchev–Trinajstić information content (AvgIpc) is 3.06. The number of amides is 3. The van der Waals surface area contributed by atoms with E-state index in [0.717, 1.165) is 24.0 Å². The number of rotatable bonds is 10. The van der Waals surface area contributed by atoms with Gasteiger partial charge in [0.2, 0.25) is 17.7 Å². The number of hydrogen-bond acceptors (Lipinski definition) is 5. The van der Waals surface area contributed by atoms with Crippen molar-refractivity contribution in [2.24, 2.45) is 5.92 Å². The summed E-state index contributed by atoms with van der Waals surface area (Å²) < 4.78 is 10.8. The highest BCUT2D eigenvalue weighted by molar-refractivity contribution is 5.96. The Balaban J connectivity index is 1.73. The molecule has 7 heteroatoms. The second kappa shape index (κ2) is 13.1. The Hall–Kier alpha value is -3.35. The van der Waals surface area contributed by atoms with Crippen molar-refractivity contribution in [3.8, 4) is 11.5 Å². The molecule has 2 atom stereocenters. The lowest BCUT2D eigenvalue weighted by molar-refractivity contribution is -0.149. The fourth-order valence-electron chi connectivity index (χ4n) is 4.97. The van der Waals surface area contributed by atoms with Crippen LogP contribution in [0.2, 0.25) is 0 Å². The molecule has 1 aliphatic heterocycles. The molecule has 2 aromatic carbocycles. The first-order chi connectivity index (χ1) is 17.4. The Morgan fingerprint density at radius 3 is 2.47 bits per heavy atom. The van der Waals surface area contributed by atoms with Gasteiger partial charge in [-0.25, -0.2) is 0 Å². The molecule has 36 heavy (non-hydrogen) atoms. The van der Waals surface area contributed by atoms with Gasteiger partial charge in [-0.05, 0) is 43.4 Å². The summed E-state index contributed by atoms with van der Waals surface area (Å²) in [6.07, 6.45) is 3.50. The monoisotopic (exact) mass is 494 g/mol. The summed E-state index contributed by atoms with van der Waals surface area (Å²) in [5, 5.41) is 0. The van der Waals surface area contributed by atoms with E-state index in [1.165, 1.54) is 11.8 Å². The average molecular weight is 495 g/mol. The van der Waals surface area contributed by atoms with Crippen LogP contribution in [0.25, 0.3) is 0 Å². The van der Waals surface area contributed by atoms with Crippen molar-refractivity contribution < 1.29 is 23.9 Å². The van der Waals surface area contributed by atoms with Crippen LogP contribution >= 0.6 is 0 Å². The summed E-state index contributed by atoms with van der Waals surface area (Å²) in [6, 6.07) is 15.3. The molecule has 0 radical (unpaired) electrons. The van der Waals surface area contributed by atoms with Gasteiger partial charge in [0.25, 0.3) is 0 Å². The van der Waals surface area contributed by atoms with Gasteiger partial charge in [0.15, 0.2) is 0 Å². The van der Waals surface area contributed by atoms with Gasteiger partial charge in [-0.1, -0.05) is 43.7 Å². The summed E-state index contributed by atoms with van der Waals surface area (Å²) >= 11 is 0. The highest BCUT2D eigenvalue weighted by atomic mass is 16.5. The summed E-state index contributed by atoms with van der Waals surface area (Å²) in [4.78, 5) is 42.6. The van der Waals surface area contributed by atoms with Crippen molar-refractivity contribution >= 4 is 17.7 Å². The van der Waals surface area contributed by atoms with Crippen LogP contribution in [0.15, 0.2) is 48.5 Å². The summed E-state index contributed by atoms with van der Waals surface area (Å²) in [5.74, 6) is 0.594. The topological polar surface area (TPSA) is 76.2 Å². The number of carbonyl (C=O) groups excluding carboxylic acids is 3. The SMILES string of the molecule is CCC[C@@H](Cc1ccccc1)N(C(C)=O)C(=O)C1CCC(=O)N(Cc2ccc(OC)cc2OC)CC1. The van der Waals surface area contributed by atoms with Crippen LogP contribution in [-0.2, 0) is 27.3 Å². The van der Waals surface area contributed by atoms with Gasteiger partial charge in [-0.2, -0.15) is 0 Å². The molecule has 1 heterocycles. The molecule has 3 rings (SSSR count). The number of hydrogen-bond donors (Lipinski definition) is 0. The second-order valence-corrected chi connectivity index (χ2v) is 9.38. The van der Waals surface area contributed by atoms with Crippen LogP contribution in [0.5, 0.6) is 11.5 Å². The fraction of sp³-hybridized carbons (Fsp3) is 0.483. The molecular weight excluding hydrogens is 456 g/mol. The maximum Gasteiger partial charge on any atom is 0.232 e. The van der Waals surface area contributed by atoms with E-state index in [-0.39, 0.29) is 36.1 Å². The minimum atomic E-state index is -0.365. The van der Waals surface area contributed by atoms with E-state index in [4.69, 9.17) is 9.47 Å². The molecule has 0 bridgehead atoms. The zero-order valence-corrected chi connectivity index (χ0v) is 21.9. The zero-order chi connectivity index (χ0) is 26.1. The Morgan fingerprint density at radius 1 is 1.08 bits per heavy atom. The molecule has 2 aromatic rings. The van der Waals surface area contributed by atoms with Crippen molar-refractivity contribution in [3.05, 3.63) is 59.7 Å². The first kappa shape index (κ1) is 27.2. The van der Waals surface area contributed by atoms with Crippen LogP contribution in [-0.4, -0.2) is 54.3 Å². The quantitative estimate of drug-likeness (QED) is 0.482. The van der Waals surface area contributed by atoms with Gasteiger partial charge in [0, 0.05) is 50.0 Å². The molecule has 0 spiro atoms. The van der Waals surface area contributed by atoms with Crippen LogP contribution in [0, 0.1) is 5.92 Å². The van der Waals surface area contributed by atoms with Crippen LogP contribution in [0.3, 0.4) is 0 Å². The van der Waals surface area contributed by atoms with E-state index in [9.17, 15) is 14.4 Å². The molecular formula is C29H38N2O5. The number of nitrogens with zero attached hydrogens (tertiary/aromatic N) is 2. The zero-order valence-electron chi connectivity index (χ0n) is 21.9. The van der Waals surface area contributed by atoms with Crippen molar-refractivity contribution in [2.75, 3.05) is 20.8 Å². The first-order valence-electron chi connectivity index (χ1n) is 12.7. The van der Waals surface area contributed by atoms with Gasteiger partial charge >= 0.3 is 0 Å². The fourth-order valence-corrected chi connectivity index (χ4v) is 4.97. The highest BCUT2D eigenvalue weighted by Crippen LogP contribution is 2.29. The van der Waals surface area contributed by atoms with E-state index in [1.54, 1.807) is 25.2 Å². The molecule has 1 unspecified atom stereocenters. The molecule has 0 saturated carbocycles. The minimum absolute atomic E-state index is 0.00643. The summed E-state index contributed by atoms with van der Waals surface area (Å²) in [5.41, 5.74) is 1.98. The molecule has 194 valence electrons. The van der Waals surface area contributed by atoms with Crippen molar-refractivity contribution in [3.63, 3.8) is 0 Å². The lowest BCUT2D eigenvalue weighted by Crippen LogP contribution is -2.47. The van der Waals surface area contributed by atoms with E-state index < -0.39 is 0 Å². The predicted octanol–water partition coefficient (Wildman–Crippen LogP) is 4.62. The molecule has 0 aliphatic carbocycles. The number of benzene rings is 2. The normalized spacial score (nSPS) is 16.7. The lowest BCUT2D eigenvalue weighted by atomic mass is 9.95. The van der Waals surface area contributed by atoms with E-state index >= 15 is 0 Å². The Bertz CT molecular complexity index is 1040. The Kier molecular flexibility index (Phi) is 9.91. The van der Waals surface area contributed by atoms with E-state index in [0.29, 0.717) is 43.9 Å². The number of carbonyl (C=O) groups is 3. The Labute approximate surface area is 214 Å². The largest absolute Gasteiger partial charge is 0.497 e. The standard InChI is InChI=1S/C29H38N2O5/c1-5-9-25(18-22-10-7-6-8-11-22)31(21(2)32)29(34)23-13-15-28(33)30(17-16-23)20-24-12-14-26(35-3)19-27(24)36-4/h6-8,10-12,14,19,23,25H,5,9,13,15-18,20H2,1-4H3/t23?,25-/m0/s1. The third-order valence-electron chi connectivity index (χ3n) is 6.89. The molecule has 1 aliphatic rings. The van der Waals surface area contributed by atoms with Gasteiger partial charge < -0.3 is 14.4 Å². The van der Waals surface area contributed by atoms with Crippen molar-refractivity contribution in [2.45, 2.75) is 65.0 Å². The Morgan fingerprint density at radius 2 is 1.83 bits per heavy atom. The van der Waals surface area contributed by atoms with E-state index in [1.807, 2.05) is 42.5 Å². The predicted molar refractivity (Wildman–Crippen MR) is 139 cm³/mol. The molecule has 7 nitrogen and oxygen atoms in total. The second-order valence-electron chi connectivity index (χ2n) is 9.38. The molecule has 0 N–H and O–H groups in total. The van der Waals surface area contributed by atoms with Crippen LogP contribution < -0.4 is 9.47 Å². The molecule has 1 fully saturated rings. The van der Waals surface area contributed by atoms with Crippen LogP contribution in [0.1, 0.15) is 57.1 Å². The van der Waals surface area contributed by atoms with Gasteiger partial charge in [0.1, 0.15) is 11.5 Å². The number of ether oxygens (including phenoxy) is 2.